The second-order valence-electron chi connectivity index (χ2n) is 6.73. The van der Waals surface area contributed by atoms with Gasteiger partial charge in [0.05, 0.1) is 6.10 Å². The van der Waals surface area contributed by atoms with Crippen LogP contribution in [0.2, 0.25) is 0 Å². The summed E-state index contributed by atoms with van der Waals surface area (Å²) in [5.41, 5.74) is 3.42. The average Bonchev–Trinajstić information content (AvgIpc) is 3.01. The number of nitrogens with one attached hydrogen (secondary N) is 1. The average molecular weight is 338 g/mol. The molecule has 1 heterocycles. The number of carbonyl (C=O) groups excluding carboxylic acids is 1. The Kier molecular flexibility index (Phi) is 5.71. The maximum Gasteiger partial charge on any atom is 0.227 e. The zero-order chi connectivity index (χ0) is 17.6. The van der Waals surface area contributed by atoms with Crippen LogP contribution < -0.4 is 15.0 Å². The Balaban J connectivity index is 1.51. The van der Waals surface area contributed by atoms with Crippen LogP contribution in [-0.4, -0.2) is 18.6 Å². The predicted octanol–water partition coefficient (Wildman–Crippen LogP) is 3.89. The summed E-state index contributed by atoms with van der Waals surface area (Å²) < 4.78 is 5.73. The first-order valence-electron chi connectivity index (χ1n) is 8.97. The van der Waals surface area contributed by atoms with Gasteiger partial charge in [-0.2, -0.15) is 0 Å². The Morgan fingerprint density at radius 3 is 2.52 bits per heavy atom. The number of amides is 1. The minimum atomic E-state index is 0.184. The largest absolute Gasteiger partial charge is 0.491 e. The highest BCUT2D eigenvalue weighted by Gasteiger charge is 2.21. The number of nitrogens with zero attached hydrogens (tertiary/aromatic N) is 1. The zero-order valence-electron chi connectivity index (χ0n) is 15.0. The van der Waals surface area contributed by atoms with Gasteiger partial charge in [-0.25, -0.2) is 0 Å². The Morgan fingerprint density at radius 2 is 1.84 bits per heavy atom. The lowest BCUT2D eigenvalue weighted by atomic mass is 10.1. The molecular formula is C21H26N2O2. The topological polar surface area (TPSA) is 41.6 Å². The molecule has 25 heavy (non-hydrogen) atoms. The van der Waals surface area contributed by atoms with Gasteiger partial charge in [-0.05, 0) is 55.7 Å². The summed E-state index contributed by atoms with van der Waals surface area (Å²) in [5.74, 6) is 1.14. The highest BCUT2D eigenvalue weighted by atomic mass is 16.5. The van der Waals surface area contributed by atoms with E-state index in [1.165, 1.54) is 11.1 Å². The first-order valence-corrected chi connectivity index (χ1v) is 8.97. The first-order chi connectivity index (χ1) is 12.1. The molecule has 132 valence electrons. The molecule has 0 aromatic heterocycles. The van der Waals surface area contributed by atoms with Gasteiger partial charge in [-0.15, -0.1) is 0 Å². The molecule has 0 radical (unpaired) electrons. The van der Waals surface area contributed by atoms with Gasteiger partial charge in [0, 0.05) is 31.7 Å². The maximum absolute atomic E-state index is 11.8. The van der Waals surface area contributed by atoms with E-state index in [0.29, 0.717) is 6.42 Å². The van der Waals surface area contributed by atoms with Gasteiger partial charge in [-0.3, -0.25) is 4.79 Å². The van der Waals surface area contributed by atoms with Gasteiger partial charge in [-0.1, -0.05) is 24.3 Å². The summed E-state index contributed by atoms with van der Waals surface area (Å²) in [4.78, 5) is 13.7. The van der Waals surface area contributed by atoms with Crippen molar-refractivity contribution in [3.8, 4) is 5.75 Å². The fourth-order valence-corrected chi connectivity index (χ4v) is 3.07. The van der Waals surface area contributed by atoms with Crippen LogP contribution in [0.3, 0.4) is 0 Å². The van der Waals surface area contributed by atoms with Crippen LogP contribution in [0.1, 0.15) is 37.8 Å². The van der Waals surface area contributed by atoms with Crippen molar-refractivity contribution in [3.05, 3.63) is 59.7 Å². The van der Waals surface area contributed by atoms with Crippen molar-refractivity contribution in [2.45, 2.75) is 45.9 Å². The molecule has 1 aliphatic rings. The summed E-state index contributed by atoms with van der Waals surface area (Å²) in [5, 5.41) is 3.46. The van der Waals surface area contributed by atoms with E-state index in [-0.39, 0.29) is 12.0 Å². The molecule has 0 aliphatic carbocycles. The SMILES string of the molecule is CC(C)Oc1cccc(CNCc2ccc(N3CCCC3=O)cc2)c1. The van der Waals surface area contributed by atoms with Crippen LogP contribution in [0, 0.1) is 0 Å². The van der Waals surface area contributed by atoms with Crippen LogP contribution in [0.15, 0.2) is 48.5 Å². The van der Waals surface area contributed by atoms with E-state index in [1.807, 2.05) is 43.0 Å². The summed E-state index contributed by atoms with van der Waals surface area (Å²) in [6, 6.07) is 16.4. The van der Waals surface area contributed by atoms with Crippen LogP contribution in [0.5, 0.6) is 5.75 Å². The lowest BCUT2D eigenvalue weighted by Crippen LogP contribution is -2.23. The van der Waals surface area contributed by atoms with Gasteiger partial charge in [0.25, 0.3) is 0 Å². The highest BCUT2D eigenvalue weighted by molar-refractivity contribution is 5.95. The Hall–Kier alpha value is -2.33. The number of carbonyl (C=O) groups is 1. The molecule has 4 nitrogen and oxygen atoms in total. The van der Waals surface area contributed by atoms with Crippen molar-refractivity contribution in [2.24, 2.45) is 0 Å². The predicted molar refractivity (Wildman–Crippen MR) is 101 cm³/mol. The van der Waals surface area contributed by atoms with E-state index >= 15 is 0 Å². The summed E-state index contributed by atoms with van der Waals surface area (Å²) in [6.07, 6.45) is 1.81. The molecule has 1 aliphatic heterocycles. The minimum absolute atomic E-state index is 0.184. The van der Waals surface area contributed by atoms with Gasteiger partial charge < -0.3 is 15.0 Å². The Morgan fingerprint density at radius 1 is 1.08 bits per heavy atom. The maximum atomic E-state index is 11.8. The van der Waals surface area contributed by atoms with Gasteiger partial charge in [0.2, 0.25) is 5.91 Å². The molecule has 0 spiro atoms. The van der Waals surface area contributed by atoms with Crippen LogP contribution in [0.25, 0.3) is 0 Å². The molecular weight excluding hydrogens is 312 g/mol. The van der Waals surface area contributed by atoms with Crippen molar-refractivity contribution in [3.63, 3.8) is 0 Å². The molecule has 0 saturated carbocycles. The van der Waals surface area contributed by atoms with E-state index in [4.69, 9.17) is 4.74 Å². The third-order valence-corrected chi connectivity index (χ3v) is 4.25. The third kappa shape index (κ3) is 4.83. The van der Waals surface area contributed by atoms with Gasteiger partial charge in [0.15, 0.2) is 0 Å². The quantitative estimate of drug-likeness (QED) is 0.833. The van der Waals surface area contributed by atoms with E-state index in [1.54, 1.807) is 0 Å². The molecule has 2 aromatic carbocycles. The van der Waals surface area contributed by atoms with Crippen molar-refractivity contribution in [1.29, 1.82) is 0 Å². The Labute approximate surface area is 149 Å². The smallest absolute Gasteiger partial charge is 0.227 e. The number of anilines is 1. The number of ether oxygens (including phenoxy) is 1. The van der Waals surface area contributed by atoms with E-state index < -0.39 is 0 Å². The number of benzene rings is 2. The molecule has 1 N–H and O–H groups in total. The summed E-state index contributed by atoms with van der Waals surface area (Å²) in [6.45, 7) is 6.49. The number of rotatable bonds is 7. The fraction of sp³-hybridized carbons (Fsp3) is 0.381. The molecule has 1 amide bonds. The van der Waals surface area contributed by atoms with Crippen molar-refractivity contribution < 1.29 is 9.53 Å². The van der Waals surface area contributed by atoms with Crippen molar-refractivity contribution >= 4 is 11.6 Å². The molecule has 2 aromatic rings. The fourth-order valence-electron chi connectivity index (χ4n) is 3.07. The minimum Gasteiger partial charge on any atom is -0.491 e. The third-order valence-electron chi connectivity index (χ3n) is 4.25. The van der Waals surface area contributed by atoms with Crippen molar-refractivity contribution in [1.82, 2.24) is 5.32 Å². The number of hydrogen-bond donors (Lipinski definition) is 1. The monoisotopic (exact) mass is 338 g/mol. The van der Waals surface area contributed by atoms with Gasteiger partial charge in [0.1, 0.15) is 5.75 Å². The van der Waals surface area contributed by atoms with Crippen LogP contribution in [0.4, 0.5) is 5.69 Å². The summed E-state index contributed by atoms with van der Waals surface area (Å²) in [7, 11) is 0. The molecule has 1 saturated heterocycles. The number of hydrogen-bond acceptors (Lipinski definition) is 3. The van der Waals surface area contributed by atoms with Gasteiger partial charge >= 0.3 is 0 Å². The highest BCUT2D eigenvalue weighted by Crippen LogP contribution is 2.21. The zero-order valence-corrected chi connectivity index (χ0v) is 15.0. The van der Waals surface area contributed by atoms with Crippen LogP contribution >= 0.6 is 0 Å². The second kappa shape index (κ2) is 8.17. The van der Waals surface area contributed by atoms with E-state index in [9.17, 15) is 4.79 Å². The molecule has 0 atom stereocenters. The summed E-state index contributed by atoms with van der Waals surface area (Å²) >= 11 is 0. The van der Waals surface area contributed by atoms with Crippen molar-refractivity contribution in [2.75, 3.05) is 11.4 Å². The van der Waals surface area contributed by atoms with E-state index in [2.05, 4.69) is 29.6 Å². The lowest BCUT2D eigenvalue weighted by Gasteiger charge is -2.16. The first kappa shape index (κ1) is 17.5. The molecule has 1 fully saturated rings. The second-order valence-corrected chi connectivity index (χ2v) is 6.73. The van der Waals surface area contributed by atoms with E-state index in [0.717, 1.165) is 37.5 Å². The standard InChI is InChI=1S/C21H26N2O2/c1-16(2)25-20-6-3-5-18(13-20)15-22-14-17-8-10-19(11-9-17)23-12-4-7-21(23)24/h3,5-6,8-11,13,16,22H,4,7,12,14-15H2,1-2H3. The lowest BCUT2D eigenvalue weighted by molar-refractivity contribution is -0.117. The molecule has 3 rings (SSSR count). The Bertz CT molecular complexity index is 710. The van der Waals surface area contributed by atoms with Crippen LogP contribution in [-0.2, 0) is 17.9 Å². The molecule has 0 bridgehead atoms. The normalized spacial score (nSPS) is 14.4. The molecule has 4 heteroatoms. The molecule has 0 unspecified atom stereocenters.